The molecule has 1 aliphatic heterocycles. The van der Waals surface area contributed by atoms with E-state index in [4.69, 9.17) is 16.3 Å². The highest BCUT2D eigenvalue weighted by Gasteiger charge is 2.31. The Morgan fingerprint density at radius 1 is 1.59 bits per heavy atom. The van der Waals surface area contributed by atoms with Crippen LogP contribution in [-0.2, 0) is 11.2 Å². The van der Waals surface area contributed by atoms with E-state index in [1.807, 2.05) is 6.92 Å². The molecule has 1 saturated heterocycles. The molecule has 17 heavy (non-hydrogen) atoms. The number of halogens is 2. The normalized spacial score (nSPS) is 26.1. The van der Waals surface area contributed by atoms with Crippen LogP contribution in [0.4, 0.5) is 4.39 Å². The summed E-state index contributed by atoms with van der Waals surface area (Å²) in [5.41, 5.74) is 0.651. The number of rotatable bonds is 3. The zero-order chi connectivity index (χ0) is 12.4. The molecule has 1 fully saturated rings. The highest BCUT2D eigenvalue weighted by molar-refractivity contribution is 6.31. The van der Waals surface area contributed by atoms with Crippen LogP contribution in [0.1, 0.15) is 18.9 Å². The van der Waals surface area contributed by atoms with Crippen LogP contribution in [0.3, 0.4) is 0 Å². The van der Waals surface area contributed by atoms with Gasteiger partial charge in [-0.3, -0.25) is 0 Å². The zero-order valence-electron chi connectivity index (χ0n) is 9.70. The maximum atomic E-state index is 13.2. The van der Waals surface area contributed by atoms with E-state index in [0.717, 1.165) is 6.42 Å². The van der Waals surface area contributed by atoms with Gasteiger partial charge in [0.15, 0.2) is 0 Å². The van der Waals surface area contributed by atoms with E-state index in [2.05, 4.69) is 0 Å². The highest BCUT2D eigenvalue weighted by Crippen LogP contribution is 2.28. The molecule has 3 unspecified atom stereocenters. The van der Waals surface area contributed by atoms with Crippen molar-refractivity contribution >= 4 is 11.6 Å². The molecule has 1 heterocycles. The van der Waals surface area contributed by atoms with E-state index in [1.165, 1.54) is 6.07 Å². The number of ether oxygens (including phenoxy) is 1. The summed E-state index contributed by atoms with van der Waals surface area (Å²) in [4.78, 5) is 0. The van der Waals surface area contributed by atoms with Gasteiger partial charge in [0, 0.05) is 18.9 Å². The fourth-order valence-electron chi connectivity index (χ4n) is 2.34. The molecule has 4 heteroatoms. The molecule has 2 nitrogen and oxygen atoms in total. The molecule has 0 bridgehead atoms. The van der Waals surface area contributed by atoms with Gasteiger partial charge in [0.05, 0.1) is 17.2 Å². The van der Waals surface area contributed by atoms with Gasteiger partial charge >= 0.3 is 0 Å². The van der Waals surface area contributed by atoms with Crippen LogP contribution in [0, 0.1) is 11.7 Å². The van der Waals surface area contributed by atoms with Gasteiger partial charge in [-0.25, -0.2) is 4.39 Å². The molecule has 2 rings (SSSR count). The Balaban J connectivity index is 2.07. The molecule has 0 radical (unpaired) electrons. The monoisotopic (exact) mass is 258 g/mol. The van der Waals surface area contributed by atoms with Crippen LogP contribution in [0.15, 0.2) is 18.2 Å². The Morgan fingerprint density at radius 2 is 2.35 bits per heavy atom. The van der Waals surface area contributed by atoms with E-state index in [9.17, 15) is 9.50 Å². The summed E-state index contributed by atoms with van der Waals surface area (Å²) in [5.74, 6) is -0.332. The maximum Gasteiger partial charge on any atom is 0.142 e. The number of aliphatic hydroxyl groups is 1. The second-order valence-electron chi connectivity index (χ2n) is 4.51. The number of hydrogen-bond donors (Lipinski definition) is 1. The second kappa shape index (κ2) is 5.34. The molecule has 1 aliphatic rings. The van der Waals surface area contributed by atoms with Crippen molar-refractivity contribution < 1.29 is 14.2 Å². The molecule has 0 aromatic heterocycles. The molecule has 1 aromatic rings. The predicted octanol–water partition coefficient (Wildman–Crippen LogP) is 2.81. The van der Waals surface area contributed by atoms with E-state index >= 15 is 0 Å². The molecule has 0 spiro atoms. The molecular formula is C13H16ClFO2. The van der Waals surface area contributed by atoms with Gasteiger partial charge in [-0.1, -0.05) is 23.7 Å². The summed E-state index contributed by atoms with van der Waals surface area (Å²) in [6, 6.07) is 4.67. The Labute approximate surface area is 105 Å². The lowest BCUT2D eigenvalue weighted by atomic mass is 9.91. The van der Waals surface area contributed by atoms with Crippen molar-refractivity contribution in [3.05, 3.63) is 34.6 Å². The quantitative estimate of drug-likeness (QED) is 0.903. The largest absolute Gasteiger partial charge is 0.392 e. The molecule has 1 aromatic carbocycles. The van der Waals surface area contributed by atoms with Crippen molar-refractivity contribution in [1.82, 2.24) is 0 Å². The van der Waals surface area contributed by atoms with Gasteiger partial charge < -0.3 is 9.84 Å². The lowest BCUT2D eigenvalue weighted by molar-refractivity contribution is 0.0440. The van der Waals surface area contributed by atoms with Crippen molar-refractivity contribution in [2.45, 2.75) is 32.0 Å². The van der Waals surface area contributed by atoms with Crippen molar-refractivity contribution in [2.75, 3.05) is 6.61 Å². The van der Waals surface area contributed by atoms with E-state index in [1.54, 1.807) is 12.1 Å². The average molecular weight is 259 g/mol. The molecule has 0 amide bonds. The summed E-state index contributed by atoms with van der Waals surface area (Å²) in [6.45, 7) is 2.63. The Kier molecular flexibility index (Phi) is 4.02. The fraction of sp³-hybridized carbons (Fsp3) is 0.538. The van der Waals surface area contributed by atoms with Gasteiger partial charge in [-0.05, 0) is 25.0 Å². The summed E-state index contributed by atoms with van der Waals surface area (Å²) in [6.07, 6.45) is 0.730. The first-order valence-corrected chi connectivity index (χ1v) is 6.20. The third kappa shape index (κ3) is 2.79. The summed E-state index contributed by atoms with van der Waals surface area (Å²) in [7, 11) is 0. The van der Waals surface area contributed by atoms with E-state index in [0.29, 0.717) is 18.6 Å². The molecule has 0 saturated carbocycles. The first-order chi connectivity index (χ1) is 8.09. The minimum absolute atomic E-state index is 0.0531. The van der Waals surface area contributed by atoms with Crippen molar-refractivity contribution in [2.24, 2.45) is 5.92 Å². The summed E-state index contributed by atoms with van der Waals surface area (Å²) >= 11 is 5.86. The Morgan fingerprint density at radius 3 is 3.00 bits per heavy atom. The predicted molar refractivity (Wildman–Crippen MR) is 64.6 cm³/mol. The van der Waals surface area contributed by atoms with Crippen LogP contribution in [-0.4, -0.2) is 23.9 Å². The maximum absolute atomic E-state index is 13.2. The summed E-state index contributed by atoms with van der Waals surface area (Å²) in [5, 5.41) is 10.2. The molecule has 94 valence electrons. The summed E-state index contributed by atoms with van der Waals surface area (Å²) < 4.78 is 18.7. The van der Waals surface area contributed by atoms with Gasteiger partial charge in [-0.2, -0.15) is 0 Å². The highest BCUT2D eigenvalue weighted by atomic mass is 35.5. The Hall–Kier alpha value is -0.640. The second-order valence-corrected chi connectivity index (χ2v) is 4.89. The first-order valence-electron chi connectivity index (χ1n) is 5.82. The third-order valence-corrected chi connectivity index (χ3v) is 3.81. The van der Waals surface area contributed by atoms with E-state index in [-0.39, 0.29) is 17.0 Å². The smallest absolute Gasteiger partial charge is 0.142 e. The van der Waals surface area contributed by atoms with Crippen LogP contribution in [0.2, 0.25) is 5.02 Å². The lowest BCUT2D eigenvalue weighted by Crippen LogP contribution is -2.28. The van der Waals surface area contributed by atoms with Crippen molar-refractivity contribution in [3.8, 4) is 0 Å². The average Bonchev–Trinajstić information content (AvgIpc) is 2.71. The SMILES string of the molecule is CC1OCCC1C(O)Cc1cccc(F)c1Cl. The molecule has 3 atom stereocenters. The minimum Gasteiger partial charge on any atom is -0.392 e. The van der Waals surface area contributed by atoms with Crippen molar-refractivity contribution in [1.29, 1.82) is 0 Å². The van der Waals surface area contributed by atoms with Gasteiger partial charge in [-0.15, -0.1) is 0 Å². The standard InChI is InChI=1S/C13H16ClFO2/c1-8-10(5-6-17-8)12(16)7-9-3-2-4-11(15)13(9)14/h2-4,8,10,12,16H,5-7H2,1H3. The number of benzene rings is 1. The van der Waals surface area contributed by atoms with Gasteiger partial charge in [0.2, 0.25) is 0 Å². The Bertz CT molecular complexity index is 397. The molecular weight excluding hydrogens is 243 g/mol. The number of hydrogen-bond acceptors (Lipinski definition) is 2. The topological polar surface area (TPSA) is 29.5 Å². The van der Waals surface area contributed by atoms with Crippen LogP contribution in [0.5, 0.6) is 0 Å². The van der Waals surface area contributed by atoms with Crippen LogP contribution >= 0.6 is 11.6 Å². The van der Waals surface area contributed by atoms with Crippen LogP contribution < -0.4 is 0 Å². The lowest BCUT2D eigenvalue weighted by Gasteiger charge is -2.21. The third-order valence-electron chi connectivity index (χ3n) is 3.39. The van der Waals surface area contributed by atoms with Crippen molar-refractivity contribution in [3.63, 3.8) is 0 Å². The van der Waals surface area contributed by atoms with Crippen LogP contribution in [0.25, 0.3) is 0 Å². The van der Waals surface area contributed by atoms with Gasteiger partial charge in [0.25, 0.3) is 0 Å². The minimum atomic E-state index is -0.535. The molecule has 0 aliphatic carbocycles. The zero-order valence-corrected chi connectivity index (χ0v) is 10.5. The van der Waals surface area contributed by atoms with Gasteiger partial charge in [0.1, 0.15) is 5.82 Å². The van der Waals surface area contributed by atoms with E-state index < -0.39 is 11.9 Å². The number of aliphatic hydroxyl groups excluding tert-OH is 1. The molecule has 1 N–H and O–H groups in total. The fourth-order valence-corrected chi connectivity index (χ4v) is 2.54. The first kappa shape index (κ1) is 12.8.